The highest BCUT2D eigenvalue weighted by Gasteiger charge is 2.41. The zero-order valence-corrected chi connectivity index (χ0v) is 18.5. The molecule has 3 atom stereocenters. The normalized spacial score (nSPS) is 24.1. The first-order valence-electron chi connectivity index (χ1n) is 10.6. The Morgan fingerprint density at radius 3 is 2.34 bits per heavy atom. The highest BCUT2D eigenvalue weighted by Crippen LogP contribution is 2.36. The second-order valence-corrected chi connectivity index (χ2v) is 10.1. The van der Waals surface area contributed by atoms with Crippen LogP contribution in [0.15, 0.2) is 59.5 Å². The van der Waals surface area contributed by atoms with Gasteiger partial charge in [-0.3, -0.25) is 0 Å². The summed E-state index contributed by atoms with van der Waals surface area (Å²) in [5, 5.41) is 9.18. The molecule has 0 radical (unpaired) electrons. The monoisotopic (exact) mass is 458 g/mol. The molecule has 170 valence electrons. The molecule has 2 N–H and O–H groups in total. The van der Waals surface area contributed by atoms with Gasteiger partial charge in [0.05, 0.1) is 10.5 Å². The van der Waals surface area contributed by atoms with Crippen molar-refractivity contribution < 1.29 is 27.9 Å². The first-order chi connectivity index (χ1) is 15.2. The lowest BCUT2D eigenvalue weighted by Gasteiger charge is -2.36. The number of carboxylic acid groups (broad SMARTS) is 1. The van der Waals surface area contributed by atoms with Crippen LogP contribution in [0.2, 0.25) is 0 Å². The Balaban J connectivity index is 1.57. The lowest BCUT2D eigenvalue weighted by molar-refractivity contribution is -0.154. The van der Waals surface area contributed by atoms with E-state index in [0.29, 0.717) is 17.6 Å². The summed E-state index contributed by atoms with van der Waals surface area (Å²) in [5.74, 6) is -1.90. The number of benzene rings is 2. The second-order valence-electron chi connectivity index (χ2n) is 8.38. The number of esters is 1. The predicted molar refractivity (Wildman–Crippen MR) is 117 cm³/mol. The molecule has 3 unspecified atom stereocenters. The smallest absolute Gasteiger partial charge is 0.335 e. The van der Waals surface area contributed by atoms with Crippen LogP contribution in [0.1, 0.15) is 47.6 Å². The molecule has 2 aromatic carbocycles. The Hall–Kier alpha value is -2.75. The molecule has 0 amide bonds. The van der Waals surface area contributed by atoms with Gasteiger partial charge < -0.3 is 14.7 Å². The van der Waals surface area contributed by atoms with Gasteiger partial charge in [0.2, 0.25) is 10.0 Å². The van der Waals surface area contributed by atoms with E-state index >= 15 is 0 Å². The molecule has 2 fully saturated rings. The van der Waals surface area contributed by atoms with Crippen LogP contribution in [0.4, 0.5) is 0 Å². The maximum Gasteiger partial charge on any atom is 0.335 e. The van der Waals surface area contributed by atoms with Crippen molar-refractivity contribution in [2.45, 2.75) is 54.8 Å². The van der Waals surface area contributed by atoms with Gasteiger partial charge >= 0.3 is 11.9 Å². The van der Waals surface area contributed by atoms with Crippen molar-refractivity contribution in [2.75, 3.05) is 7.05 Å². The van der Waals surface area contributed by atoms with Crippen molar-refractivity contribution in [3.63, 3.8) is 0 Å². The number of carboxylic acids is 1. The van der Waals surface area contributed by atoms with Crippen LogP contribution in [0.5, 0.6) is 0 Å². The van der Waals surface area contributed by atoms with Gasteiger partial charge in [-0.25, -0.2) is 18.0 Å². The number of nitrogens with zero attached hydrogens (tertiary/aromatic N) is 1. The molecule has 2 bridgehead atoms. The zero-order valence-electron chi connectivity index (χ0n) is 17.7. The molecule has 9 heteroatoms. The number of aromatic carboxylic acids is 1. The van der Waals surface area contributed by atoms with Gasteiger partial charge in [-0.15, -0.1) is 0 Å². The molecular weight excluding hydrogens is 432 g/mol. The van der Waals surface area contributed by atoms with E-state index < -0.39 is 28.0 Å². The summed E-state index contributed by atoms with van der Waals surface area (Å²) in [6, 6.07) is 13.0. The SMILES string of the molecule is CN1C2CCC1CC(OC(=O)C(NS(=O)(=O)c1cccc(C(=O)O)c1)c1ccccc1)C2. The Bertz CT molecular complexity index is 1090. The maximum absolute atomic E-state index is 13.2. The summed E-state index contributed by atoms with van der Waals surface area (Å²) in [5.41, 5.74) is 0.292. The Labute approximate surface area is 187 Å². The van der Waals surface area contributed by atoms with Gasteiger partial charge in [0, 0.05) is 12.1 Å². The van der Waals surface area contributed by atoms with Crippen LogP contribution in [0.3, 0.4) is 0 Å². The van der Waals surface area contributed by atoms with Crippen molar-refractivity contribution in [1.82, 2.24) is 9.62 Å². The molecule has 0 spiro atoms. The molecule has 32 heavy (non-hydrogen) atoms. The summed E-state index contributed by atoms with van der Waals surface area (Å²) in [6.45, 7) is 0. The van der Waals surface area contributed by atoms with E-state index in [1.807, 2.05) is 0 Å². The minimum absolute atomic E-state index is 0.159. The summed E-state index contributed by atoms with van der Waals surface area (Å²) >= 11 is 0. The first kappa shape index (κ1) is 22.4. The second kappa shape index (κ2) is 9.01. The molecule has 2 saturated heterocycles. The van der Waals surface area contributed by atoms with E-state index in [1.165, 1.54) is 18.2 Å². The topological polar surface area (TPSA) is 113 Å². The van der Waals surface area contributed by atoms with Crippen molar-refractivity contribution in [3.05, 3.63) is 65.7 Å². The number of nitrogens with one attached hydrogen (secondary N) is 1. The number of hydrogen-bond acceptors (Lipinski definition) is 6. The summed E-state index contributed by atoms with van der Waals surface area (Å²) < 4.78 is 34.3. The Kier molecular flexibility index (Phi) is 6.32. The Morgan fingerprint density at radius 2 is 1.72 bits per heavy atom. The first-order valence-corrected chi connectivity index (χ1v) is 12.1. The third-order valence-corrected chi connectivity index (χ3v) is 7.79. The molecule has 4 rings (SSSR count). The van der Waals surface area contributed by atoms with Gasteiger partial charge in [-0.05, 0) is 56.5 Å². The number of hydrogen-bond donors (Lipinski definition) is 2. The van der Waals surface area contributed by atoms with Crippen LogP contribution >= 0.6 is 0 Å². The number of rotatable bonds is 7. The van der Waals surface area contributed by atoms with Gasteiger partial charge in [0.1, 0.15) is 12.1 Å². The minimum atomic E-state index is -4.19. The molecule has 0 aliphatic carbocycles. The average Bonchev–Trinajstić information content (AvgIpc) is 2.98. The maximum atomic E-state index is 13.2. The lowest BCUT2D eigenvalue weighted by Crippen LogP contribution is -2.44. The van der Waals surface area contributed by atoms with E-state index in [9.17, 15) is 23.1 Å². The molecule has 0 aromatic heterocycles. The van der Waals surface area contributed by atoms with Crippen LogP contribution in [0, 0.1) is 0 Å². The van der Waals surface area contributed by atoms with E-state index in [-0.39, 0.29) is 16.6 Å². The summed E-state index contributed by atoms with van der Waals surface area (Å²) in [6.07, 6.45) is 3.34. The van der Waals surface area contributed by atoms with Gasteiger partial charge in [-0.2, -0.15) is 4.72 Å². The molecule has 2 aromatic rings. The molecular formula is C23H26N2O6S. The quantitative estimate of drug-likeness (QED) is 0.613. The molecule has 2 aliphatic heterocycles. The van der Waals surface area contributed by atoms with Gasteiger partial charge in [0.15, 0.2) is 0 Å². The molecule has 8 nitrogen and oxygen atoms in total. The van der Waals surface area contributed by atoms with E-state index in [0.717, 1.165) is 31.7 Å². The van der Waals surface area contributed by atoms with Crippen LogP contribution in [-0.2, 0) is 19.6 Å². The number of piperidine rings is 1. The van der Waals surface area contributed by atoms with Gasteiger partial charge in [0.25, 0.3) is 0 Å². The predicted octanol–water partition coefficient (Wildman–Crippen LogP) is 2.57. The van der Waals surface area contributed by atoms with Crippen molar-refractivity contribution >= 4 is 22.0 Å². The highest BCUT2D eigenvalue weighted by atomic mass is 32.2. The lowest BCUT2D eigenvalue weighted by atomic mass is 10.0. The largest absolute Gasteiger partial charge is 0.478 e. The Morgan fingerprint density at radius 1 is 1.06 bits per heavy atom. The third-order valence-electron chi connectivity index (χ3n) is 6.37. The number of carbonyl (C=O) groups is 2. The minimum Gasteiger partial charge on any atom is -0.478 e. The van der Waals surface area contributed by atoms with Crippen LogP contribution in [-0.4, -0.2) is 55.6 Å². The summed E-state index contributed by atoms with van der Waals surface area (Å²) in [7, 11) is -2.10. The van der Waals surface area contributed by atoms with E-state index in [2.05, 4.69) is 16.7 Å². The number of sulfonamides is 1. The number of ether oxygens (including phenoxy) is 1. The fraction of sp³-hybridized carbons (Fsp3) is 0.391. The van der Waals surface area contributed by atoms with E-state index in [4.69, 9.17) is 4.74 Å². The van der Waals surface area contributed by atoms with Crippen LogP contribution in [0.25, 0.3) is 0 Å². The van der Waals surface area contributed by atoms with Crippen molar-refractivity contribution in [3.8, 4) is 0 Å². The standard InChI is InChI=1S/C23H26N2O6S/c1-25-17-10-11-18(25)14-19(13-17)31-23(28)21(15-6-3-2-4-7-15)24-32(29,30)20-9-5-8-16(12-20)22(26)27/h2-9,12,17-19,21,24H,10-11,13-14H2,1H3,(H,26,27). The molecule has 0 saturated carbocycles. The van der Waals surface area contributed by atoms with Crippen molar-refractivity contribution in [2.24, 2.45) is 0 Å². The zero-order chi connectivity index (χ0) is 22.9. The summed E-state index contributed by atoms with van der Waals surface area (Å²) in [4.78, 5) is 26.5. The number of carbonyl (C=O) groups excluding carboxylic acids is 1. The van der Waals surface area contributed by atoms with Crippen molar-refractivity contribution in [1.29, 1.82) is 0 Å². The fourth-order valence-corrected chi connectivity index (χ4v) is 5.83. The molecule has 2 aliphatic rings. The fourth-order valence-electron chi connectivity index (χ4n) is 4.61. The molecule has 2 heterocycles. The number of fused-ring (bicyclic) bond motifs is 2. The highest BCUT2D eigenvalue weighted by molar-refractivity contribution is 7.89. The average molecular weight is 459 g/mol. The van der Waals surface area contributed by atoms with E-state index in [1.54, 1.807) is 30.3 Å². The van der Waals surface area contributed by atoms with Crippen LogP contribution < -0.4 is 4.72 Å². The third kappa shape index (κ3) is 4.69. The van der Waals surface area contributed by atoms with Gasteiger partial charge in [-0.1, -0.05) is 36.4 Å².